The van der Waals surface area contributed by atoms with Crippen LogP contribution in [-0.2, 0) is 6.42 Å². The van der Waals surface area contributed by atoms with Crippen molar-refractivity contribution in [2.75, 3.05) is 24.3 Å². The van der Waals surface area contributed by atoms with E-state index in [1.54, 1.807) is 19.4 Å². The van der Waals surface area contributed by atoms with E-state index in [2.05, 4.69) is 26.7 Å². The van der Waals surface area contributed by atoms with Crippen LogP contribution in [0.5, 0.6) is 5.75 Å². The molecule has 3 rings (SSSR count). The molecule has 0 bridgehead atoms. The van der Waals surface area contributed by atoms with Gasteiger partial charge in [0, 0.05) is 12.7 Å². The van der Waals surface area contributed by atoms with Crippen molar-refractivity contribution in [2.24, 2.45) is 0 Å². The number of nitrogens with zero attached hydrogens (tertiary/aromatic N) is 2. The Morgan fingerprint density at radius 2 is 1.92 bits per heavy atom. The van der Waals surface area contributed by atoms with Gasteiger partial charge in [0.2, 0.25) is 5.95 Å². The molecule has 0 saturated heterocycles. The third-order valence-corrected chi connectivity index (χ3v) is 4.53. The molecule has 0 unspecified atom stereocenters. The smallest absolute Gasteiger partial charge is 0.229 e. The van der Waals surface area contributed by atoms with Crippen LogP contribution in [0.2, 0.25) is 10.0 Å². The number of rotatable bonds is 7. The van der Waals surface area contributed by atoms with Crippen LogP contribution >= 0.6 is 23.2 Å². The molecule has 5 nitrogen and oxygen atoms in total. The Morgan fingerprint density at radius 3 is 2.77 bits per heavy atom. The zero-order valence-electron chi connectivity index (χ0n) is 14.2. The van der Waals surface area contributed by atoms with Gasteiger partial charge < -0.3 is 15.4 Å². The van der Waals surface area contributed by atoms with E-state index >= 15 is 0 Å². The van der Waals surface area contributed by atoms with Gasteiger partial charge in [-0.2, -0.15) is 4.98 Å². The first-order valence-corrected chi connectivity index (χ1v) is 8.82. The first-order valence-electron chi connectivity index (χ1n) is 8.06. The summed E-state index contributed by atoms with van der Waals surface area (Å²) in [5, 5.41) is 7.29. The highest BCUT2D eigenvalue weighted by atomic mass is 35.5. The molecule has 0 aliphatic heterocycles. The predicted molar refractivity (Wildman–Crippen MR) is 107 cm³/mol. The Kier molecular flexibility index (Phi) is 6.15. The van der Waals surface area contributed by atoms with E-state index < -0.39 is 0 Å². The van der Waals surface area contributed by atoms with Crippen molar-refractivity contribution in [2.45, 2.75) is 6.42 Å². The lowest BCUT2D eigenvalue weighted by Crippen LogP contribution is -2.08. The number of nitrogens with one attached hydrogen (secondary N) is 2. The quantitative estimate of drug-likeness (QED) is 0.582. The third-order valence-electron chi connectivity index (χ3n) is 3.71. The molecule has 0 atom stereocenters. The Labute approximate surface area is 162 Å². The van der Waals surface area contributed by atoms with E-state index in [4.69, 9.17) is 27.9 Å². The molecule has 0 fully saturated rings. The SMILES string of the molecule is COc1cccc(CCNc2ccnc(Nc3cccc(Cl)c3Cl)n2)c1. The fourth-order valence-corrected chi connectivity index (χ4v) is 2.75. The Balaban J connectivity index is 1.61. The van der Waals surface area contributed by atoms with E-state index in [1.807, 2.05) is 36.4 Å². The molecule has 0 spiro atoms. The van der Waals surface area contributed by atoms with E-state index in [1.165, 1.54) is 5.56 Å². The van der Waals surface area contributed by atoms with Crippen molar-refractivity contribution in [1.29, 1.82) is 0 Å². The maximum atomic E-state index is 6.18. The Morgan fingerprint density at radius 1 is 1.08 bits per heavy atom. The first kappa shape index (κ1) is 18.3. The van der Waals surface area contributed by atoms with Crippen molar-refractivity contribution in [3.63, 3.8) is 0 Å². The third kappa shape index (κ3) is 4.77. The number of aromatic nitrogens is 2. The lowest BCUT2D eigenvalue weighted by Gasteiger charge is -2.10. The fourth-order valence-electron chi connectivity index (χ4n) is 2.40. The van der Waals surface area contributed by atoms with Gasteiger partial charge in [-0.3, -0.25) is 0 Å². The molecule has 134 valence electrons. The molecule has 0 aliphatic carbocycles. The summed E-state index contributed by atoms with van der Waals surface area (Å²) >= 11 is 12.2. The van der Waals surface area contributed by atoms with E-state index in [0.717, 1.165) is 24.5 Å². The molecule has 1 heterocycles. The molecule has 26 heavy (non-hydrogen) atoms. The van der Waals surface area contributed by atoms with Gasteiger partial charge in [-0.1, -0.05) is 41.4 Å². The summed E-state index contributed by atoms with van der Waals surface area (Å²) in [6.07, 6.45) is 2.53. The second kappa shape index (κ2) is 8.74. The molecule has 3 aromatic rings. The van der Waals surface area contributed by atoms with Crippen LogP contribution in [0.4, 0.5) is 17.5 Å². The molecule has 0 aliphatic rings. The summed E-state index contributed by atoms with van der Waals surface area (Å²) in [7, 11) is 1.67. The van der Waals surface area contributed by atoms with E-state index in [9.17, 15) is 0 Å². The van der Waals surface area contributed by atoms with Crippen molar-refractivity contribution in [1.82, 2.24) is 9.97 Å². The fraction of sp³-hybridized carbons (Fsp3) is 0.158. The number of methoxy groups -OCH3 is 1. The van der Waals surface area contributed by atoms with Gasteiger partial charge in [-0.25, -0.2) is 4.98 Å². The van der Waals surface area contributed by atoms with Gasteiger partial charge in [-0.05, 0) is 42.3 Å². The van der Waals surface area contributed by atoms with Crippen LogP contribution in [0.25, 0.3) is 0 Å². The largest absolute Gasteiger partial charge is 0.497 e. The molecule has 2 aromatic carbocycles. The van der Waals surface area contributed by atoms with Crippen molar-refractivity contribution >= 4 is 40.7 Å². The maximum absolute atomic E-state index is 6.18. The second-order valence-electron chi connectivity index (χ2n) is 5.52. The van der Waals surface area contributed by atoms with Gasteiger partial charge in [-0.15, -0.1) is 0 Å². The van der Waals surface area contributed by atoms with Crippen LogP contribution in [0, 0.1) is 0 Å². The standard InChI is InChI=1S/C19H18Cl2N4O/c1-26-14-5-2-4-13(12-14)8-10-22-17-9-11-23-19(25-17)24-16-7-3-6-15(20)18(16)21/h2-7,9,11-12H,8,10H2,1H3,(H2,22,23,24,25). The number of anilines is 3. The first-order chi connectivity index (χ1) is 12.7. The topological polar surface area (TPSA) is 59.1 Å². The van der Waals surface area contributed by atoms with Crippen LogP contribution in [-0.4, -0.2) is 23.6 Å². The normalized spacial score (nSPS) is 10.4. The molecule has 2 N–H and O–H groups in total. The summed E-state index contributed by atoms with van der Waals surface area (Å²) in [6, 6.07) is 15.2. The van der Waals surface area contributed by atoms with Crippen LogP contribution in [0.1, 0.15) is 5.56 Å². The number of hydrogen-bond donors (Lipinski definition) is 2. The van der Waals surface area contributed by atoms with Gasteiger partial charge in [0.05, 0.1) is 22.8 Å². The molecule has 7 heteroatoms. The Bertz CT molecular complexity index is 889. The van der Waals surface area contributed by atoms with Crippen molar-refractivity contribution in [3.05, 3.63) is 70.3 Å². The zero-order valence-corrected chi connectivity index (χ0v) is 15.7. The van der Waals surface area contributed by atoms with Gasteiger partial charge >= 0.3 is 0 Å². The lowest BCUT2D eigenvalue weighted by atomic mass is 10.1. The maximum Gasteiger partial charge on any atom is 0.229 e. The van der Waals surface area contributed by atoms with E-state index in [0.29, 0.717) is 21.7 Å². The summed E-state index contributed by atoms with van der Waals surface area (Å²) in [5.41, 5.74) is 1.85. The average Bonchev–Trinajstić information content (AvgIpc) is 2.66. The van der Waals surface area contributed by atoms with Crippen LogP contribution in [0.15, 0.2) is 54.7 Å². The number of halogens is 2. The molecular formula is C19H18Cl2N4O. The van der Waals surface area contributed by atoms with Gasteiger partial charge in [0.25, 0.3) is 0 Å². The van der Waals surface area contributed by atoms with Crippen LogP contribution < -0.4 is 15.4 Å². The van der Waals surface area contributed by atoms with Gasteiger partial charge in [0.15, 0.2) is 0 Å². The highest BCUT2D eigenvalue weighted by molar-refractivity contribution is 6.43. The highest BCUT2D eigenvalue weighted by Gasteiger charge is 2.06. The minimum atomic E-state index is 0.439. The van der Waals surface area contributed by atoms with Gasteiger partial charge in [0.1, 0.15) is 11.6 Å². The summed E-state index contributed by atoms with van der Waals surface area (Å²) in [6.45, 7) is 0.738. The molecule has 0 radical (unpaired) electrons. The molecular weight excluding hydrogens is 371 g/mol. The number of ether oxygens (including phenoxy) is 1. The lowest BCUT2D eigenvalue weighted by molar-refractivity contribution is 0.414. The van der Waals surface area contributed by atoms with E-state index in [-0.39, 0.29) is 0 Å². The van der Waals surface area contributed by atoms with Crippen molar-refractivity contribution < 1.29 is 4.74 Å². The minimum Gasteiger partial charge on any atom is -0.497 e. The Hall–Kier alpha value is -2.50. The molecule has 0 amide bonds. The number of hydrogen-bond acceptors (Lipinski definition) is 5. The van der Waals surface area contributed by atoms with Crippen molar-refractivity contribution in [3.8, 4) is 5.75 Å². The molecule has 1 aromatic heterocycles. The monoisotopic (exact) mass is 388 g/mol. The molecule has 0 saturated carbocycles. The predicted octanol–water partition coefficient (Wildman–Crippen LogP) is 5.19. The number of benzene rings is 2. The summed E-state index contributed by atoms with van der Waals surface area (Å²) in [5.74, 6) is 2.03. The highest BCUT2D eigenvalue weighted by Crippen LogP contribution is 2.31. The van der Waals surface area contributed by atoms with Crippen LogP contribution in [0.3, 0.4) is 0 Å². The minimum absolute atomic E-state index is 0.439. The second-order valence-corrected chi connectivity index (χ2v) is 6.31. The summed E-state index contributed by atoms with van der Waals surface area (Å²) in [4.78, 5) is 8.66. The zero-order chi connectivity index (χ0) is 18.4. The summed E-state index contributed by atoms with van der Waals surface area (Å²) < 4.78 is 5.24. The average molecular weight is 389 g/mol.